The van der Waals surface area contributed by atoms with Gasteiger partial charge in [0, 0.05) is 12.0 Å². The van der Waals surface area contributed by atoms with Gasteiger partial charge in [0.1, 0.15) is 17.1 Å². The van der Waals surface area contributed by atoms with Crippen LogP contribution in [0.1, 0.15) is 60.6 Å². The Kier molecular flexibility index (Phi) is 5.17. The van der Waals surface area contributed by atoms with Gasteiger partial charge < -0.3 is 9.84 Å². The molecule has 3 aromatic carbocycles. The number of carbonyl (C=O) groups excluding carboxylic acids is 2. The van der Waals surface area contributed by atoms with Crippen molar-refractivity contribution in [1.82, 2.24) is 4.90 Å². The van der Waals surface area contributed by atoms with Crippen LogP contribution in [-0.2, 0) is 16.1 Å². The molecule has 0 aromatic heterocycles. The van der Waals surface area contributed by atoms with E-state index in [0.29, 0.717) is 6.54 Å². The Labute approximate surface area is 217 Å². The number of likely N-dealkylation sites (tertiary alicyclic amines) is 1. The summed E-state index contributed by atoms with van der Waals surface area (Å²) in [5.41, 5.74) is 2.66. The van der Waals surface area contributed by atoms with E-state index in [1.807, 2.05) is 54.6 Å². The summed E-state index contributed by atoms with van der Waals surface area (Å²) in [6.07, 6.45) is 4.64. The third kappa shape index (κ3) is 3.43. The lowest BCUT2D eigenvalue weighted by Gasteiger charge is -2.54. The molecule has 2 aliphatic heterocycles. The van der Waals surface area contributed by atoms with Crippen LogP contribution >= 0.6 is 0 Å². The number of hydrogen-bond acceptors (Lipinski definition) is 4. The monoisotopic (exact) mass is 493 g/mol. The predicted molar refractivity (Wildman–Crippen MR) is 139 cm³/mol. The molecule has 188 valence electrons. The van der Waals surface area contributed by atoms with E-state index in [1.165, 1.54) is 4.90 Å². The lowest BCUT2D eigenvalue weighted by atomic mass is 9.54. The molecule has 1 spiro atoms. The van der Waals surface area contributed by atoms with Gasteiger partial charge >= 0.3 is 0 Å². The molecule has 5 heteroatoms. The number of benzene rings is 3. The van der Waals surface area contributed by atoms with Crippen molar-refractivity contribution < 1.29 is 19.4 Å². The number of amides is 2. The minimum Gasteiger partial charge on any atom is -0.508 e. The fourth-order valence-corrected chi connectivity index (χ4v) is 7.99. The number of fused-ring (bicyclic) bond motifs is 6. The minimum absolute atomic E-state index is 0.0455. The van der Waals surface area contributed by atoms with Gasteiger partial charge in [-0.05, 0) is 66.7 Å². The Hall–Kier alpha value is -3.60. The van der Waals surface area contributed by atoms with Crippen LogP contribution in [0.5, 0.6) is 11.5 Å². The number of phenolic OH excluding ortho intramolecular Hbond substituents is 1. The van der Waals surface area contributed by atoms with E-state index >= 15 is 0 Å². The Bertz CT molecular complexity index is 1350. The van der Waals surface area contributed by atoms with Crippen molar-refractivity contribution in [2.45, 2.75) is 56.1 Å². The zero-order valence-corrected chi connectivity index (χ0v) is 20.8. The maximum Gasteiger partial charge on any atom is 0.234 e. The molecule has 2 aliphatic carbocycles. The number of rotatable bonds is 3. The highest BCUT2D eigenvalue weighted by molar-refractivity contribution is 6.06. The van der Waals surface area contributed by atoms with Crippen LogP contribution < -0.4 is 4.74 Å². The van der Waals surface area contributed by atoms with E-state index in [4.69, 9.17) is 4.74 Å². The van der Waals surface area contributed by atoms with Crippen molar-refractivity contribution in [3.05, 3.63) is 95.6 Å². The van der Waals surface area contributed by atoms with E-state index in [9.17, 15) is 14.7 Å². The summed E-state index contributed by atoms with van der Waals surface area (Å²) in [5.74, 6) is 0.00721. The number of hydrogen-bond donors (Lipinski definition) is 1. The summed E-state index contributed by atoms with van der Waals surface area (Å²) >= 11 is 0. The molecular formula is C32H31NO4. The number of nitrogens with zero attached hydrogens (tertiary/aromatic N) is 1. The average Bonchev–Trinajstić information content (AvgIpc) is 3.48. The van der Waals surface area contributed by atoms with Crippen molar-refractivity contribution in [3.8, 4) is 11.5 Å². The van der Waals surface area contributed by atoms with Crippen LogP contribution in [0, 0.1) is 17.8 Å². The molecule has 3 aromatic rings. The lowest BCUT2D eigenvalue weighted by Crippen LogP contribution is -2.56. The molecule has 7 rings (SSSR count). The van der Waals surface area contributed by atoms with E-state index in [-0.39, 0.29) is 41.2 Å². The molecule has 0 radical (unpaired) electrons. The standard InChI is InChI=1S/C32H31NO4/c34-22-13-14-23-25-18-24(21-11-5-2-6-12-21)27-28(29(25)32(15-7-8-16-32)37-26(23)17-22)31(36)33(30(27)35)19-20-9-3-1-4-10-20/h1-6,9-14,17,24-25,27-29,34H,7-8,15-16,18-19H2/t24-,25+,27+,28+,29-/m1/s1. The smallest absolute Gasteiger partial charge is 0.234 e. The first-order valence-electron chi connectivity index (χ1n) is 13.5. The van der Waals surface area contributed by atoms with Crippen LogP contribution in [0.3, 0.4) is 0 Å². The van der Waals surface area contributed by atoms with Gasteiger partial charge in [0.2, 0.25) is 11.8 Å². The minimum atomic E-state index is -0.477. The first kappa shape index (κ1) is 22.6. The summed E-state index contributed by atoms with van der Waals surface area (Å²) in [7, 11) is 0. The van der Waals surface area contributed by atoms with Crippen molar-refractivity contribution >= 4 is 11.8 Å². The fourth-order valence-electron chi connectivity index (χ4n) is 7.99. The van der Waals surface area contributed by atoms with Crippen LogP contribution in [0.4, 0.5) is 0 Å². The first-order valence-corrected chi connectivity index (χ1v) is 13.5. The van der Waals surface area contributed by atoms with Gasteiger partial charge in [0.25, 0.3) is 0 Å². The van der Waals surface area contributed by atoms with Crippen molar-refractivity contribution in [2.24, 2.45) is 17.8 Å². The maximum absolute atomic E-state index is 14.3. The first-order chi connectivity index (χ1) is 18.1. The molecule has 5 atom stereocenters. The van der Waals surface area contributed by atoms with Crippen LogP contribution in [0.15, 0.2) is 78.9 Å². The summed E-state index contributed by atoms with van der Waals surface area (Å²) in [5, 5.41) is 10.3. The van der Waals surface area contributed by atoms with Gasteiger partial charge in [-0.3, -0.25) is 14.5 Å². The zero-order valence-electron chi connectivity index (χ0n) is 20.8. The highest BCUT2D eigenvalue weighted by Crippen LogP contribution is 2.64. The van der Waals surface area contributed by atoms with Crippen LogP contribution in [0.25, 0.3) is 0 Å². The topological polar surface area (TPSA) is 66.8 Å². The van der Waals surface area contributed by atoms with E-state index in [2.05, 4.69) is 12.1 Å². The number of ether oxygens (including phenoxy) is 1. The number of aromatic hydroxyl groups is 1. The highest BCUT2D eigenvalue weighted by atomic mass is 16.5. The SMILES string of the molecule is O=C1[C@@H]2[C@H](C(=O)N1Cc1ccccc1)[C@H]1[C@@H](C[C@@H]2c2ccccc2)c2ccc(O)cc2OC12CCCC2. The second-order valence-electron chi connectivity index (χ2n) is 11.3. The van der Waals surface area contributed by atoms with Gasteiger partial charge in [-0.25, -0.2) is 0 Å². The van der Waals surface area contributed by atoms with Gasteiger partial charge in [0.05, 0.1) is 18.4 Å². The van der Waals surface area contributed by atoms with Gasteiger partial charge in [-0.1, -0.05) is 66.7 Å². The number of carbonyl (C=O) groups is 2. The van der Waals surface area contributed by atoms with Crippen molar-refractivity contribution in [1.29, 1.82) is 0 Å². The predicted octanol–water partition coefficient (Wildman–Crippen LogP) is 5.79. The third-order valence-corrected chi connectivity index (χ3v) is 9.43. The molecule has 2 amide bonds. The lowest BCUT2D eigenvalue weighted by molar-refractivity contribution is -0.143. The number of imide groups is 1. The van der Waals surface area contributed by atoms with Gasteiger partial charge in [0.15, 0.2) is 0 Å². The number of phenols is 1. The molecule has 3 fully saturated rings. The molecule has 1 saturated heterocycles. The molecule has 4 aliphatic rings. The van der Waals surface area contributed by atoms with Crippen molar-refractivity contribution in [3.63, 3.8) is 0 Å². The Balaban J connectivity index is 1.38. The maximum atomic E-state index is 14.3. The highest BCUT2D eigenvalue weighted by Gasteiger charge is 2.66. The Morgan fingerprint density at radius 3 is 2.24 bits per heavy atom. The van der Waals surface area contributed by atoms with E-state index in [0.717, 1.165) is 54.5 Å². The van der Waals surface area contributed by atoms with Crippen LogP contribution in [0.2, 0.25) is 0 Å². The molecule has 0 bridgehead atoms. The summed E-state index contributed by atoms with van der Waals surface area (Å²) in [4.78, 5) is 30.0. The second-order valence-corrected chi connectivity index (χ2v) is 11.3. The Morgan fingerprint density at radius 1 is 0.838 bits per heavy atom. The summed E-state index contributed by atoms with van der Waals surface area (Å²) in [6.45, 7) is 0.308. The van der Waals surface area contributed by atoms with Crippen molar-refractivity contribution in [2.75, 3.05) is 0 Å². The van der Waals surface area contributed by atoms with E-state index in [1.54, 1.807) is 12.1 Å². The molecule has 2 saturated carbocycles. The Morgan fingerprint density at radius 2 is 1.51 bits per heavy atom. The zero-order chi connectivity index (χ0) is 25.1. The second kappa shape index (κ2) is 8.47. The molecule has 5 nitrogen and oxygen atoms in total. The normalized spacial score (nSPS) is 29.5. The molecule has 0 unspecified atom stereocenters. The van der Waals surface area contributed by atoms with Crippen LogP contribution in [-0.4, -0.2) is 27.4 Å². The summed E-state index contributed by atoms with van der Waals surface area (Å²) < 4.78 is 6.77. The van der Waals surface area contributed by atoms with Gasteiger partial charge in [-0.15, -0.1) is 0 Å². The molecule has 37 heavy (non-hydrogen) atoms. The van der Waals surface area contributed by atoms with Gasteiger partial charge in [-0.2, -0.15) is 0 Å². The molecule has 1 N–H and O–H groups in total. The summed E-state index contributed by atoms with van der Waals surface area (Å²) in [6, 6.07) is 25.5. The molecular weight excluding hydrogens is 462 g/mol. The quantitative estimate of drug-likeness (QED) is 0.469. The average molecular weight is 494 g/mol. The third-order valence-electron chi connectivity index (χ3n) is 9.43. The van der Waals surface area contributed by atoms with E-state index < -0.39 is 11.5 Å². The molecule has 2 heterocycles. The largest absolute Gasteiger partial charge is 0.508 e. The fraction of sp³-hybridized carbons (Fsp3) is 0.375.